The molecule has 0 fully saturated rings. The van der Waals surface area contributed by atoms with Crippen LogP contribution in [-0.4, -0.2) is 10.1 Å². The molecule has 4 heteroatoms. The highest BCUT2D eigenvalue weighted by molar-refractivity contribution is 5.96. The van der Waals surface area contributed by atoms with Gasteiger partial charge in [0.25, 0.3) is 0 Å². The Hall–Kier alpha value is -3.06. The Morgan fingerprint density at radius 2 is 1.85 bits per heavy atom. The Morgan fingerprint density at radius 1 is 1.05 bits per heavy atom. The van der Waals surface area contributed by atoms with Crippen molar-refractivity contribution in [1.29, 1.82) is 5.26 Å². The summed E-state index contributed by atoms with van der Waals surface area (Å²) in [4.78, 5) is 3.91. The van der Waals surface area contributed by atoms with Gasteiger partial charge in [-0.3, -0.25) is 0 Å². The van der Waals surface area contributed by atoms with E-state index in [4.69, 9.17) is 10.00 Å². The zero-order chi connectivity index (χ0) is 13.9. The van der Waals surface area contributed by atoms with Gasteiger partial charge in [-0.1, -0.05) is 30.3 Å². The first kappa shape index (κ1) is 12.0. The van der Waals surface area contributed by atoms with Gasteiger partial charge >= 0.3 is 0 Å². The van der Waals surface area contributed by atoms with E-state index in [2.05, 4.69) is 4.98 Å². The molecule has 1 heterocycles. The van der Waals surface area contributed by atoms with Crippen molar-refractivity contribution in [3.63, 3.8) is 0 Å². The lowest BCUT2D eigenvalue weighted by molar-refractivity contribution is 0.466. The van der Waals surface area contributed by atoms with Gasteiger partial charge in [-0.05, 0) is 18.2 Å². The van der Waals surface area contributed by atoms with Crippen LogP contribution in [0.3, 0.4) is 0 Å². The molecule has 0 radical (unpaired) electrons. The van der Waals surface area contributed by atoms with Gasteiger partial charge in [0, 0.05) is 5.39 Å². The zero-order valence-corrected chi connectivity index (χ0v) is 10.4. The van der Waals surface area contributed by atoms with Crippen LogP contribution in [0, 0.1) is 11.3 Å². The van der Waals surface area contributed by atoms with E-state index in [1.165, 1.54) is 6.20 Å². The lowest BCUT2D eigenvalue weighted by atomic mass is 10.1. The summed E-state index contributed by atoms with van der Waals surface area (Å²) in [5.74, 6) is 1.14. The van der Waals surface area contributed by atoms with Gasteiger partial charge in [-0.2, -0.15) is 5.26 Å². The molecular weight excluding hydrogens is 252 g/mol. The zero-order valence-electron chi connectivity index (χ0n) is 10.4. The predicted molar refractivity (Wildman–Crippen MR) is 74.6 cm³/mol. The molecule has 0 aliphatic heterocycles. The summed E-state index contributed by atoms with van der Waals surface area (Å²) >= 11 is 0. The van der Waals surface area contributed by atoms with E-state index in [9.17, 15) is 5.11 Å². The van der Waals surface area contributed by atoms with Crippen molar-refractivity contribution in [3.05, 3.63) is 60.4 Å². The molecule has 0 amide bonds. The van der Waals surface area contributed by atoms with Crippen LogP contribution in [-0.2, 0) is 0 Å². The summed E-state index contributed by atoms with van der Waals surface area (Å²) in [6.45, 7) is 0. The smallest absolute Gasteiger partial charge is 0.148 e. The van der Waals surface area contributed by atoms with Crippen molar-refractivity contribution in [2.45, 2.75) is 0 Å². The summed E-state index contributed by atoms with van der Waals surface area (Å²) < 4.78 is 5.77. The molecule has 1 aromatic heterocycles. The molecule has 0 unspecified atom stereocenters. The van der Waals surface area contributed by atoms with Crippen LogP contribution in [0.2, 0.25) is 0 Å². The lowest BCUT2D eigenvalue weighted by Crippen LogP contribution is -1.90. The molecule has 2 aromatic carbocycles. The molecule has 0 spiro atoms. The number of nitriles is 1. The number of aromatic nitrogens is 1. The summed E-state index contributed by atoms with van der Waals surface area (Å²) in [6.07, 6.45) is 1.26. The van der Waals surface area contributed by atoms with Crippen molar-refractivity contribution < 1.29 is 9.84 Å². The Kier molecular flexibility index (Phi) is 2.94. The van der Waals surface area contributed by atoms with Gasteiger partial charge < -0.3 is 9.84 Å². The summed E-state index contributed by atoms with van der Waals surface area (Å²) in [5.41, 5.74) is 0.260. The standard InChI is InChI=1S/C16H10N2O2/c17-9-13-12-7-4-8-15(16(12)14(19)10-18-13)20-11-5-2-1-3-6-11/h1-8,10,19H. The number of aromatic hydroxyl groups is 1. The van der Waals surface area contributed by atoms with E-state index in [1.54, 1.807) is 18.2 Å². The van der Waals surface area contributed by atoms with E-state index in [0.29, 0.717) is 22.3 Å². The van der Waals surface area contributed by atoms with Gasteiger partial charge in [-0.25, -0.2) is 4.98 Å². The minimum Gasteiger partial charge on any atom is -0.506 e. The largest absolute Gasteiger partial charge is 0.506 e. The van der Waals surface area contributed by atoms with Crippen molar-refractivity contribution in [2.24, 2.45) is 0 Å². The summed E-state index contributed by atoms with van der Waals surface area (Å²) in [7, 11) is 0. The number of fused-ring (bicyclic) bond motifs is 1. The van der Waals surface area contributed by atoms with Crippen molar-refractivity contribution in [2.75, 3.05) is 0 Å². The van der Waals surface area contributed by atoms with Crippen LogP contribution in [0.25, 0.3) is 10.8 Å². The molecule has 20 heavy (non-hydrogen) atoms. The molecule has 0 aliphatic rings. The fourth-order valence-corrected chi connectivity index (χ4v) is 2.04. The van der Waals surface area contributed by atoms with Crippen LogP contribution in [0.1, 0.15) is 5.69 Å². The number of hydrogen-bond donors (Lipinski definition) is 1. The lowest BCUT2D eigenvalue weighted by Gasteiger charge is -2.10. The highest BCUT2D eigenvalue weighted by Crippen LogP contribution is 2.36. The second-order valence-corrected chi connectivity index (χ2v) is 4.20. The fraction of sp³-hybridized carbons (Fsp3) is 0. The Morgan fingerprint density at radius 3 is 2.60 bits per heavy atom. The van der Waals surface area contributed by atoms with Crippen molar-refractivity contribution >= 4 is 10.8 Å². The molecular formula is C16H10N2O2. The van der Waals surface area contributed by atoms with Gasteiger partial charge in [0.1, 0.15) is 29.0 Å². The number of benzene rings is 2. The van der Waals surface area contributed by atoms with Crippen LogP contribution in [0.5, 0.6) is 17.2 Å². The number of para-hydroxylation sites is 1. The molecule has 4 nitrogen and oxygen atoms in total. The van der Waals surface area contributed by atoms with Crippen molar-refractivity contribution in [1.82, 2.24) is 4.98 Å². The van der Waals surface area contributed by atoms with Gasteiger partial charge in [0.15, 0.2) is 0 Å². The third-order valence-corrected chi connectivity index (χ3v) is 2.93. The molecule has 3 aromatic rings. The minimum atomic E-state index is -0.00877. The van der Waals surface area contributed by atoms with E-state index < -0.39 is 0 Å². The topological polar surface area (TPSA) is 66.1 Å². The maximum Gasteiger partial charge on any atom is 0.148 e. The minimum absolute atomic E-state index is 0.00877. The third-order valence-electron chi connectivity index (χ3n) is 2.93. The first-order valence-electron chi connectivity index (χ1n) is 6.03. The Bertz CT molecular complexity index is 808. The van der Waals surface area contributed by atoms with Gasteiger partial charge in [0.2, 0.25) is 0 Å². The quantitative estimate of drug-likeness (QED) is 0.766. The van der Waals surface area contributed by atoms with E-state index >= 15 is 0 Å². The molecule has 1 N–H and O–H groups in total. The summed E-state index contributed by atoms with van der Waals surface area (Å²) in [5, 5.41) is 20.1. The molecule has 0 atom stereocenters. The monoisotopic (exact) mass is 262 g/mol. The van der Waals surface area contributed by atoms with Crippen LogP contribution in [0.15, 0.2) is 54.7 Å². The van der Waals surface area contributed by atoms with Crippen LogP contribution >= 0.6 is 0 Å². The fourth-order valence-electron chi connectivity index (χ4n) is 2.04. The van der Waals surface area contributed by atoms with Gasteiger partial charge in [-0.15, -0.1) is 0 Å². The van der Waals surface area contributed by atoms with Crippen molar-refractivity contribution in [3.8, 4) is 23.3 Å². The predicted octanol–water partition coefficient (Wildman–Crippen LogP) is 3.60. The van der Waals surface area contributed by atoms with E-state index in [1.807, 2.05) is 36.4 Å². The van der Waals surface area contributed by atoms with Crippen LogP contribution < -0.4 is 4.74 Å². The average Bonchev–Trinajstić information content (AvgIpc) is 2.49. The molecule has 0 bridgehead atoms. The summed E-state index contributed by atoms with van der Waals surface area (Å²) in [6, 6.07) is 16.5. The maximum atomic E-state index is 10.00. The second-order valence-electron chi connectivity index (χ2n) is 4.20. The highest BCUT2D eigenvalue weighted by Gasteiger charge is 2.12. The number of rotatable bonds is 2. The molecule has 3 rings (SSSR count). The Labute approximate surface area is 115 Å². The van der Waals surface area contributed by atoms with Gasteiger partial charge in [0.05, 0.1) is 11.6 Å². The third kappa shape index (κ3) is 2.02. The van der Waals surface area contributed by atoms with E-state index in [0.717, 1.165) is 0 Å². The number of pyridine rings is 1. The molecule has 0 aliphatic carbocycles. The Balaban J connectivity index is 2.20. The molecule has 96 valence electrons. The molecule has 0 saturated carbocycles. The SMILES string of the molecule is N#Cc1ncc(O)c2c(Oc3ccccc3)cccc12. The normalized spacial score (nSPS) is 10.2. The molecule has 0 saturated heterocycles. The number of hydrogen-bond acceptors (Lipinski definition) is 4. The van der Waals surface area contributed by atoms with Crippen LogP contribution in [0.4, 0.5) is 0 Å². The first-order valence-corrected chi connectivity index (χ1v) is 6.03. The average molecular weight is 262 g/mol. The second kappa shape index (κ2) is 4.90. The first-order chi connectivity index (χ1) is 9.79. The maximum absolute atomic E-state index is 10.00. The highest BCUT2D eigenvalue weighted by atomic mass is 16.5. The number of ether oxygens (including phenoxy) is 1. The van der Waals surface area contributed by atoms with E-state index in [-0.39, 0.29) is 11.4 Å². The number of nitrogens with zero attached hydrogens (tertiary/aromatic N) is 2.